The first-order chi connectivity index (χ1) is 65.0. The molecule has 760 valence electrons. The fraction of sp³-hybridized carbons (Fsp3) is 0.569. The second-order valence-electron chi connectivity index (χ2n) is 30.2. The number of aliphatic hydroxyl groups is 10. The van der Waals surface area contributed by atoms with Crippen LogP contribution in [0.25, 0.3) is 0 Å². The lowest BCUT2D eigenvalue weighted by Gasteiger charge is -2.17. The maximum Gasteiger partial charge on any atom is 0.351 e. The minimum absolute atomic E-state index is 0.000200. The van der Waals surface area contributed by atoms with Gasteiger partial charge >= 0.3 is 58.3 Å². The van der Waals surface area contributed by atoms with Crippen molar-refractivity contribution in [2.45, 2.75) is 211 Å². The molecule has 5 aliphatic heterocycles. The van der Waals surface area contributed by atoms with Crippen molar-refractivity contribution in [3.05, 3.63) is 132 Å². The van der Waals surface area contributed by atoms with E-state index in [1.165, 1.54) is 73.8 Å². The highest BCUT2D eigenvalue weighted by Crippen LogP contribution is 2.34. The van der Waals surface area contributed by atoms with Crippen molar-refractivity contribution in [3.8, 4) is 0 Å². The lowest BCUT2D eigenvalue weighted by Crippen LogP contribution is -2.39. The number of aliphatic hydroxyl groups excluding tert-OH is 10. The largest absolute Gasteiger partial charge is 0.462 e. The smallest absolute Gasteiger partial charge is 0.351 e. The molecule has 0 spiro atoms. The van der Waals surface area contributed by atoms with Crippen molar-refractivity contribution in [1.82, 2.24) is 57.7 Å². The molecule has 6 aromatic rings. The Labute approximate surface area is 768 Å². The molecule has 5 fully saturated rings. The number of unbranched alkanes of at least 4 members (excludes halogenated alkanes) is 1. The molecule has 0 saturated carbocycles. The number of carbonyl (C=O) groups is 7. The zero-order valence-electron chi connectivity index (χ0n) is 72.0. The topological polar surface area (TPSA) is 1050 Å². The molecule has 65 nitrogen and oxygen atoms in total. The van der Waals surface area contributed by atoms with Crippen LogP contribution in [-0.2, 0) is 87.4 Å². The fourth-order valence-corrected chi connectivity index (χ4v) is 12.9. The molecule has 0 bridgehead atoms. The van der Waals surface area contributed by atoms with Crippen LogP contribution in [0.3, 0.4) is 0 Å². The van der Waals surface area contributed by atoms with Crippen LogP contribution in [0.1, 0.15) is 88.2 Å². The molecule has 0 radical (unpaired) electrons. The molecule has 11 rings (SSSR count). The molecule has 137 heavy (non-hydrogen) atoms. The second-order valence-corrected chi connectivity index (χ2v) is 30.2. The number of carbonyl (C=O) groups excluding carboxylic acids is 7. The van der Waals surface area contributed by atoms with Crippen LogP contribution in [0.4, 0.5) is 29.1 Å². The van der Waals surface area contributed by atoms with Gasteiger partial charge in [0.1, 0.15) is 155 Å². The van der Waals surface area contributed by atoms with Crippen LogP contribution in [0.5, 0.6) is 0 Å². The Balaban J connectivity index is 0.000000233. The number of esters is 5. The number of H-pyrrole nitrogens is 1. The molecule has 5 saturated heterocycles. The summed E-state index contributed by atoms with van der Waals surface area (Å²) in [5, 5.41) is 145. The van der Waals surface area contributed by atoms with Gasteiger partial charge in [-0.15, -0.1) is 0 Å². The molecule has 0 unspecified atom stereocenters. The minimum atomic E-state index is -1.51. The van der Waals surface area contributed by atoms with E-state index in [0.717, 1.165) is 29.3 Å². The summed E-state index contributed by atoms with van der Waals surface area (Å²) in [6, 6.07) is 1.25. The van der Waals surface area contributed by atoms with Crippen LogP contribution in [0, 0.1) is 0 Å². The average molecular weight is 1960 g/mol. The monoisotopic (exact) mass is 1960 g/mol. The van der Waals surface area contributed by atoms with Gasteiger partial charge in [0, 0.05) is 62.3 Å². The van der Waals surface area contributed by atoms with Gasteiger partial charge in [-0.2, -0.15) is 24.9 Å². The van der Waals surface area contributed by atoms with Crippen molar-refractivity contribution in [2.24, 2.45) is 62.3 Å². The molecule has 11 heterocycles. The van der Waals surface area contributed by atoms with Crippen LogP contribution in [0.2, 0.25) is 0 Å². The minimum Gasteiger partial charge on any atom is -0.462 e. The number of guanidine groups is 1. The van der Waals surface area contributed by atoms with Crippen molar-refractivity contribution in [1.29, 1.82) is 0 Å². The zero-order chi connectivity index (χ0) is 101. The van der Waals surface area contributed by atoms with Crippen molar-refractivity contribution >= 4 is 76.7 Å². The summed E-state index contributed by atoms with van der Waals surface area (Å²) in [4.78, 5) is 168. The molecule has 2 amide bonds. The van der Waals surface area contributed by atoms with Gasteiger partial charge in [0.25, 0.3) is 0 Å². The maximum absolute atomic E-state index is 12.0. The number of nitrogens with two attached hydrogens (primary N) is 10. The third-order valence-corrected chi connectivity index (χ3v) is 20.3. The van der Waals surface area contributed by atoms with Crippen molar-refractivity contribution in [3.63, 3.8) is 0 Å². The number of ether oxygens (including phenoxy) is 10. The van der Waals surface area contributed by atoms with Gasteiger partial charge in [-0.25, -0.2) is 29.0 Å². The van der Waals surface area contributed by atoms with E-state index in [0.29, 0.717) is 38.0 Å². The lowest BCUT2D eigenvalue weighted by molar-refractivity contribution is -0.153. The van der Waals surface area contributed by atoms with Gasteiger partial charge in [-0.3, -0.25) is 115 Å². The fourth-order valence-electron chi connectivity index (χ4n) is 12.9. The number of nitrogens with one attached hydrogen (secondary N) is 6. The van der Waals surface area contributed by atoms with Crippen molar-refractivity contribution in [2.75, 3.05) is 73.5 Å². The second kappa shape index (κ2) is 53.6. The van der Waals surface area contributed by atoms with Gasteiger partial charge < -0.3 is 161 Å². The average Bonchev–Trinajstić information content (AvgIpc) is 1.68. The first-order valence-electron chi connectivity index (χ1n) is 41.0. The van der Waals surface area contributed by atoms with E-state index in [9.17, 15) is 109 Å². The summed E-state index contributed by atoms with van der Waals surface area (Å²) < 4.78 is 56.7. The van der Waals surface area contributed by atoms with E-state index in [-0.39, 0.29) is 80.6 Å². The SMILES string of the molecule is NC(=O)CC[C@H](N)C(=O)OC[C@H]1O[C@@H](n2ccc(NO)nc2=O)[C@H](O)[C@@H]1O.NC(=O)C[C@H](N)C(=O)OC[C@H]1O[C@@H](n2ccc(NO)nc2=O)[C@H](O)[C@@H]1O.NC(N)=NCCC[C@H](N)C(=O)OC[C@H]1O[C@@H](n2ccc(NO)nc2=O)[C@H](O)[C@@H]1O.NCCCC[C@H](N)C(=O)OC[C@H]1O[C@@H](n2ccc(NO)nc2=O)[C@H](O)[C@@H]1O.N[C@@H](Cc1cnc[nH]1)C(=O)OC[C@H]1O[C@@H](n2ccc(NO)nc2=O)[C@H](O)[C@@H]1O. The Morgan fingerprint density at radius 2 is 0.657 bits per heavy atom. The van der Waals surface area contributed by atoms with Crippen LogP contribution in [-0.4, -0.2) is 350 Å². The first-order valence-corrected chi connectivity index (χ1v) is 41.0. The summed E-state index contributed by atoms with van der Waals surface area (Å²) in [5.74, 6) is -5.82. The lowest BCUT2D eigenvalue weighted by atomic mass is 10.1. The number of rotatable bonds is 40. The predicted octanol–water partition coefficient (Wildman–Crippen LogP) is -15.0. The standard InChI is InChI=1S/C15H25N7O7.C15H20N6O7.C15H25N5O7.C14H21N5O8.C13H19N5O8/c16-7(2-1-4-19-14(17)18)13(25)28-6-8-10(23)11(24)12(29-8)22-5-3-9(21-27)20-15(22)26;16-8(3-7-4-17-6-18-7)14(24)27-5-9-11(22)12(23)13(28-9)21-2-1-10(20-26)19-15(21)25;16-5-2-1-3-8(17)14(23)26-7-9-11(21)12(22)13(27-9)20-6-4-10(19-25)18-15(20)24;15-6(1-2-8(16)20)13(23)26-5-7-10(21)11(22)12(27-7)19-4-3-9(18-25)17-14(19)24;14-5(3-7(15)19)12(22)25-4-6-9(20)10(21)11(26-6)18-2-1-8(17-24)16-13(18)23/h3,5,7-8,10-12,23-24,27H,1-2,4,6,16H2,(H4,17,18,19)(H,20,21,26);1-2,4,6,8-9,11-13,22-23,26H,3,5,16H2,(H,17,18)(H,19,20,25);4,6,8-9,11-13,21-22,25H,1-3,5,7,16-17H2,(H,18,19,24);3-4,6-7,10-12,21-22,25H,1-2,5,15H2,(H2,16,20)(H,17,18,24);1-2,5-6,9-11,20-21,24H,3-4,14H2,(H2,15,19)(H,16,17,23)/t7-,8+,10+,11+,12+;2*8-,9+,11+,12+,13+;6-,7+,10+,11+,12+;5-,6+,9+,10+,11+/m00000/s1. The molecule has 6 aromatic heterocycles. The van der Waals surface area contributed by atoms with Crippen molar-refractivity contribution < 1.29 is 158 Å². The van der Waals surface area contributed by atoms with E-state index in [2.05, 4.69) is 39.9 Å². The number of aliphatic imine (C=N–C) groups is 1. The summed E-state index contributed by atoms with van der Waals surface area (Å²) in [5.41, 5.74) is 58.9. The predicted molar refractivity (Wildman–Crippen MR) is 451 cm³/mol. The molecule has 65 heteroatoms. The Morgan fingerprint density at radius 1 is 0.387 bits per heavy atom. The van der Waals surface area contributed by atoms with Crippen LogP contribution < -0.4 is 113 Å². The number of aromatic amines is 1. The van der Waals surface area contributed by atoms with E-state index in [1.807, 2.05) is 0 Å². The molecule has 41 N–H and O–H groups in total. The van der Waals surface area contributed by atoms with Gasteiger partial charge in [-0.1, -0.05) is 6.42 Å². The number of nitrogens with zero attached hydrogens (tertiary/aromatic N) is 12. The summed E-state index contributed by atoms with van der Waals surface area (Å²) in [6.07, 6.45) is -15.0. The highest BCUT2D eigenvalue weighted by atomic mass is 16.6. The highest BCUT2D eigenvalue weighted by molar-refractivity contribution is 5.84. The molecule has 0 aliphatic carbocycles. The molecular weight excluding hydrogens is 1850 g/mol. The number of primary amides is 2. The van der Waals surface area contributed by atoms with E-state index < -0.39 is 243 Å². The summed E-state index contributed by atoms with van der Waals surface area (Å²) in [7, 11) is 0. The molecule has 25 atom stereocenters. The zero-order valence-corrected chi connectivity index (χ0v) is 72.0. The number of amides is 2. The van der Waals surface area contributed by atoms with E-state index >= 15 is 0 Å². The molecule has 0 aromatic carbocycles. The van der Waals surface area contributed by atoms with Gasteiger partial charge in [0.05, 0.1) is 12.7 Å². The van der Waals surface area contributed by atoms with Gasteiger partial charge in [0.15, 0.2) is 66.2 Å². The molecule has 5 aliphatic rings. The summed E-state index contributed by atoms with van der Waals surface area (Å²) in [6.45, 7) is -1.18. The maximum atomic E-state index is 12.0. The van der Waals surface area contributed by atoms with Gasteiger partial charge in [0.2, 0.25) is 11.8 Å². The van der Waals surface area contributed by atoms with Gasteiger partial charge in [-0.05, 0) is 69.0 Å². The third-order valence-electron chi connectivity index (χ3n) is 20.3. The van der Waals surface area contributed by atoms with E-state index in [4.69, 9.17) is 131 Å². The number of anilines is 5. The third kappa shape index (κ3) is 31.6. The van der Waals surface area contributed by atoms with Crippen LogP contribution in [0.15, 0.2) is 103 Å². The Hall–Kier alpha value is -12.9. The summed E-state index contributed by atoms with van der Waals surface area (Å²) >= 11 is 0. The first kappa shape index (κ1) is 111. The Bertz CT molecular complexity index is 5250. The Morgan fingerprint density at radius 3 is 0.898 bits per heavy atom. The molecular formula is C72H110N28O37. The number of aromatic nitrogens is 12. The highest BCUT2D eigenvalue weighted by Gasteiger charge is 2.50. The van der Waals surface area contributed by atoms with E-state index in [1.54, 1.807) is 27.4 Å². The number of hydrogen-bond acceptors (Lipinski definition) is 55. The van der Waals surface area contributed by atoms with Crippen LogP contribution >= 0.6 is 0 Å². The quantitative estimate of drug-likeness (QED) is 0.00424. The Kier molecular flexibility index (Phi) is 43.5. The normalized spacial score (nSPS) is 25.6. The number of hydrogen-bond donors (Lipinski definition) is 31. The number of imidazole rings is 1.